The van der Waals surface area contributed by atoms with Crippen molar-refractivity contribution < 1.29 is 19.0 Å². The van der Waals surface area contributed by atoms with Gasteiger partial charge in [0.25, 0.3) is 0 Å². The Kier molecular flexibility index (Phi) is 4.49. The number of methoxy groups -OCH3 is 1. The number of hydrogen-bond donors (Lipinski definition) is 1. The molecule has 0 radical (unpaired) electrons. The fourth-order valence-electron chi connectivity index (χ4n) is 2.50. The van der Waals surface area contributed by atoms with Crippen molar-refractivity contribution in [1.29, 1.82) is 0 Å². The van der Waals surface area contributed by atoms with Crippen LogP contribution in [0.4, 0.5) is 5.69 Å². The van der Waals surface area contributed by atoms with Gasteiger partial charge in [0, 0.05) is 12.8 Å². The van der Waals surface area contributed by atoms with Gasteiger partial charge >= 0.3 is 5.97 Å². The molecule has 1 heterocycles. The van der Waals surface area contributed by atoms with Crippen LogP contribution in [-0.4, -0.2) is 31.4 Å². The van der Waals surface area contributed by atoms with E-state index in [2.05, 4.69) is 0 Å². The molecule has 0 spiro atoms. The first-order valence-corrected chi connectivity index (χ1v) is 6.79. The van der Waals surface area contributed by atoms with Crippen LogP contribution < -0.4 is 10.5 Å². The second kappa shape index (κ2) is 6.13. The maximum atomic E-state index is 11.5. The second-order valence-electron chi connectivity index (χ2n) is 5.21. The molecule has 1 aliphatic heterocycles. The largest absolute Gasteiger partial charge is 0.488 e. The minimum Gasteiger partial charge on any atom is -0.488 e. The molecule has 0 amide bonds. The zero-order chi connectivity index (χ0) is 14.7. The van der Waals surface area contributed by atoms with Gasteiger partial charge in [-0.1, -0.05) is 0 Å². The van der Waals surface area contributed by atoms with Crippen molar-refractivity contribution in [1.82, 2.24) is 0 Å². The fourth-order valence-corrected chi connectivity index (χ4v) is 2.50. The smallest absolute Gasteiger partial charge is 0.337 e. The van der Waals surface area contributed by atoms with Crippen molar-refractivity contribution in [3.8, 4) is 5.75 Å². The van der Waals surface area contributed by atoms with Crippen molar-refractivity contribution >= 4 is 11.7 Å². The van der Waals surface area contributed by atoms with Gasteiger partial charge < -0.3 is 19.9 Å². The number of anilines is 1. The van der Waals surface area contributed by atoms with Crippen LogP contribution in [0.2, 0.25) is 0 Å². The van der Waals surface area contributed by atoms with Gasteiger partial charge in [0.2, 0.25) is 0 Å². The first kappa shape index (κ1) is 14.7. The van der Waals surface area contributed by atoms with E-state index in [-0.39, 0.29) is 18.3 Å². The Morgan fingerprint density at radius 2 is 1.95 bits per heavy atom. The molecule has 1 aliphatic rings. The van der Waals surface area contributed by atoms with Crippen LogP contribution in [0, 0.1) is 0 Å². The van der Waals surface area contributed by atoms with E-state index in [4.69, 9.17) is 19.9 Å². The summed E-state index contributed by atoms with van der Waals surface area (Å²) in [6, 6.07) is 4.92. The monoisotopic (exact) mass is 279 g/mol. The summed E-state index contributed by atoms with van der Waals surface area (Å²) in [4.78, 5) is 11.5. The second-order valence-corrected chi connectivity index (χ2v) is 5.21. The first-order chi connectivity index (χ1) is 9.49. The summed E-state index contributed by atoms with van der Waals surface area (Å²) < 4.78 is 16.3. The predicted octanol–water partition coefficient (Wildman–Crippen LogP) is 2.39. The highest BCUT2D eigenvalue weighted by Gasteiger charge is 2.26. The molecule has 5 heteroatoms. The van der Waals surface area contributed by atoms with E-state index in [9.17, 15) is 4.79 Å². The number of carbonyl (C=O) groups is 1. The van der Waals surface area contributed by atoms with E-state index in [1.807, 2.05) is 13.8 Å². The lowest BCUT2D eigenvalue weighted by Crippen LogP contribution is -2.35. The highest BCUT2D eigenvalue weighted by molar-refractivity contribution is 5.90. The summed E-state index contributed by atoms with van der Waals surface area (Å²) >= 11 is 0. The fraction of sp³-hybridized carbons (Fsp3) is 0.533. The summed E-state index contributed by atoms with van der Waals surface area (Å²) in [6.45, 7) is 4.06. The number of nitrogen functional groups attached to an aromatic ring is 1. The number of benzene rings is 1. The maximum Gasteiger partial charge on any atom is 0.337 e. The highest BCUT2D eigenvalue weighted by atomic mass is 16.5. The van der Waals surface area contributed by atoms with Crippen LogP contribution in [0.15, 0.2) is 18.2 Å². The average molecular weight is 279 g/mol. The molecule has 2 N–H and O–H groups in total. The number of esters is 1. The number of rotatable bonds is 3. The van der Waals surface area contributed by atoms with E-state index >= 15 is 0 Å². The van der Waals surface area contributed by atoms with Crippen LogP contribution in [0.25, 0.3) is 0 Å². The van der Waals surface area contributed by atoms with Gasteiger partial charge in [-0.3, -0.25) is 0 Å². The van der Waals surface area contributed by atoms with Gasteiger partial charge in [-0.15, -0.1) is 0 Å². The van der Waals surface area contributed by atoms with Crippen molar-refractivity contribution in [2.24, 2.45) is 0 Å². The molecule has 1 aromatic carbocycles. The number of carbonyl (C=O) groups excluding carboxylic acids is 1. The van der Waals surface area contributed by atoms with Crippen molar-refractivity contribution in [3.05, 3.63) is 23.8 Å². The average Bonchev–Trinajstić information content (AvgIpc) is 2.39. The van der Waals surface area contributed by atoms with Crippen LogP contribution in [0.5, 0.6) is 5.75 Å². The third-order valence-electron chi connectivity index (χ3n) is 3.38. The van der Waals surface area contributed by atoms with Gasteiger partial charge in [-0.2, -0.15) is 0 Å². The molecular weight excluding hydrogens is 258 g/mol. The molecule has 2 rings (SSSR count). The van der Waals surface area contributed by atoms with E-state index in [1.54, 1.807) is 18.2 Å². The van der Waals surface area contributed by atoms with Crippen LogP contribution >= 0.6 is 0 Å². The molecule has 0 aliphatic carbocycles. The number of nitrogens with two attached hydrogens (primary N) is 1. The third kappa shape index (κ3) is 3.42. The Hall–Kier alpha value is -1.75. The Morgan fingerprint density at radius 1 is 1.30 bits per heavy atom. The SMILES string of the molecule is COC(=O)c1ccc(N)c(OC2CC(C)OC(C)C2)c1. The van der Waals surface area contributed by atoms with Crippen LogP contribution in [-0.2, 0) is 9.47 Å². The molecule has 110 valence electrons. The summed E-state index contributed by atoms with van der Waals surface area (Å²) in [6.07, 6.45) is 1.99. The van der Waals surface area contributed by atoms with Gasteiger partial charge in [0.05, 0.1) is 30.6 Å². The Morgan fingerprint density at radius 3 is 2.55 bits per heavy atom. The molecular formula is C15H21NO4. The van der Waals surface area contributed by atoms with Crippen molar-refractivity contribution in [2.75, 3.05) is 12.8 Å². The summed E-state index contributed by atoms with van der Waals surface area (Å²) in [5.41, 5.74) is 6.86. The van der Waals surface area contributed by atoms with Gasteiger partial charge in [0.15, 0.2) is 0 Å². The Balaban J connectivity index is 2.13. The first-order valence-electron chi connectivity index (χ1n) is 6.79. The highest BCUT2D eigenvalue weighted by Crippen LogP contribution is 2.29. The molecule has 1 fully saturated rings. The Labute approximate surface area is 119 Å². The zero-order valence-corrected chi connectivity index (χ0v) is 12.1. The molecule has 0 aromatic heterocycles. The number of hydrogen-bond acceptors (Lipinski definition) is 5. The molecule has 1 saturated heterocycles. The topological polar surface area (TPSA) is 70.8 Å². The van der Waals surface area contributed by atoms with E-state index < -0.39 is 5.97 Å². The van der Waals surface area contributed by atoms with E-state index in [0.29, 0.717) is 17.0 Å². The summed E-state index contributed by atoms with van der Waals surface area (Å²) in [5.74, 6) is 0.128. The third-order valence-corrected chi connectivity index (χ3v) is 3.38. The van der Waals surface area contributed by atoms with Crippen LogP contribution in [0.3, 0.4) is 0 Å². The lowest BCUT2D eigenvalue weighted by atomic mass is 10.0. The van der Waals surface area contributed by atoms with Gasteiger partial charge in [0.1, 0.15) is 11.9 Å². The standard InChI is InChI=1S/C15H21NO4/c1-9-6-12(7-10(2)19-9)20-14-8-11(15(17)18-3)4-5-13(14)16/h4-5,8-10,12H,6-7,16H2,1-3H3. The van der Waals surface area contributed by atoms with E-state index in [1.165, 1.54) is 7.11 Å². The molecule has 2 atom stereocenters. The summed E-state index contributed by atoms with van der Waals surface area (Å²) in [7, 11) is 1.35. The number of ether oxygens (including phenoxy) is 3. The van der Waals surface area contributed by atoms with Crippen LogP contribution in [0.1, 0.15) is 37.0 Å². The van der Waals surface area contributed by atoms with Gasteiger partial charge in [-0.25, -0.2) is 4.79 Å². The normalized spacial score (nSPS) is 26.1. The quantitative estimate of drug-likeness (QED) is 0.679. The van der Waals surface area contributed by atoms with Gasteiger partial charge in [-0.05, 0) is 32.0 Å². The molecule has 2 unspecified atom stereocenters. The summed E-state index contributed by atoms with van der Waals surface area (Å²) in [5, 5.41) is 0. The lowest BCUT2D eigenvalue weighted by molar-refractivity contribution is -0.0720. The molecule has 0 bridgehead atoms. The zero-order valence-electron chi connectivity index (χ0n) is 12.1. The molecule has 20 heavy (non-hydrogen) atoms. The minimum atomic E-state index is -0.399. The predicted molar refractivity (Wildman–Crippen MR) is 75.9 cm³/mol. The van der Waals surface area contributed by atoms with E-state index in [0.717, 1.165) is 12.8 Å². The minimum absolute atomic E-state index is 0.0453. The van der Waals surface area contributed by atoms with Crippen molar-refractivity contribution in [3.63, 3.8) is 0 Å². The molecule has 1 aromatic rings. The molecule has 0 saturated carbocycles. The molecule has 5 nitrogen and oxygen atoms in total. The lowest BCUT2D eigenvalue weighted by Gasteiger charge is -2.32. The Bertz CT molecular complexity index is 479. The van der Waals surface area contributed by atoms with Crippen molar-refractivity contribution in [2.45, 2.75) is 45.0 Å². The maximum absolute atomic E-state index is 11.5.